The third-order valence-electron chi connectivity index (χ3n) is 8.77. The van der Waals surface area contributed by atoms with Crippen LogP contribution >= 0.6 is 11.6 Å². The molecule has 1 N–H and O–H groups in total. The number of ether oxygens (including phenoxy) is 2. The molecule has 0 aliphatic carbocycles. The zero-order chi connectivity index (χ0) is 27.9. The molecule has 2 amide bonds. The molecular weight excluding hydrogens is 520 g/mol. The molecule has 2 fully saturated rings. The first-order valence-corrected chi connectivity index (χ1v) is 14.3. The predicted molar refractivity (Wildman–Crippen MR) is 147 cm³/mol. The zero-order valence-corrected chi connectivity index (χ0v) is 23.5. The van der Waals surface area contributed by atoms with Gasteiger partial charge in [0.1, 0.15) is 23.2 Å². The van der Waals surface area contributed by atoms with Crippen molar-refractivity contribution in [1.82, 2.24) is 4.90 Å². The smallest absolute Gasteiger partial charge is 0.313 e. The standard InChI is InChI=1S/C30H37ClN2O6/c1-4-29-14-7-5-6-8-17-38-28(37)24(29)23-26(35)33(22(18-34)19(2)3)25-27(36)32(16-9-15-30(23,25)39-29)21-12-10-20(31)11-13-21/h7,9-15,19,22-25,34H,4-6,8,16-18H2,1-3H3/b14-7-/t22-,23-,24-,25?,29+,30-/m0/s1. The third kappa shape index (κ3) is 4.41. The number of esters is 1. The van der Waals surface area contributed by atoms with Gasteiger partial charge in [-0.25, -0.2) is 0 Å². The number of fused-ring (bicyclic) bond motifs is 2. The number of carbonyl (C=O) groups is 3. The Morgan fingerprint density at radius 2 is 1.79 bits per heavy atom. The molecule has 4 heterocycles. The van der Waals surface area contributed by atoms with Crippen molar-refractivity contribution in [3.05, 3.63) is 53.6 Å². The van der Waals surface area contributed by atoms with Gasteiger partial charge in [-0.2, -0.15) is 0 Å². The summed E-state index contributed by atoms with van der Waals surface area (Å²) in [5.74, 6) is -3.23. The fourth-order valence-corrected chi connectivity index (χ4v) is 6.93. The van der Waals surface area contributed by atoms with Gasteiger partial charge in [0.15, 0.2) is 0 Å². The van der Waals surface area contributed by atoms with Crippen LogP contribution in [0.15, 0.2) is 48.6 Å². The molecular formula is C30H37ClN2O6. The van der Waals surface area contributed by atoms with Gasteiger partial charge in [0.2, 0.25) is 5.91 Å². The Morgan fingerprint density at radius 3 is 2.46 bits per heavy atom. The highest BCUT2D eigenvalue weighted by atomic mass is 35.5. The first-order valence-electron chi connectivity index (χ1n) is 13.9. The highest BCUT2D eigenvalue weighted by Crippen LogP contribution is 2.58. The third-order valence-corrected chi connectivity index (χ3v) is 9.03. The molecule has 4 aliphatic heterocycles. The van der Waals surface area contributed by atoms with E-state index >= 15 is 0 Å². The molecule has 2 saturated heterocycles. The van der Waals surface area contributed by atoms with Crippen LogP contribution in [0.25, 0.3) is 0 Å². The van der Waals surface area contributed by atoms with E-state index in [1.54, 1.807) is 29.2 Å². The van der Waals surface area contributed by atoms with E-state index in [-0.39, 0.29) is 37.5 Å². The number of carbonyl (C=O) groups excluding carboxylic acids is 3. The molecule has 0 aromatic heterocycles. The topological polar surface area (TPSA) is 96.4 Å². The molecule has 39 heavy (non-hydrogen) atoms. The number of aliphatic hydroxyl groups excluding tert-OH is 1. The molecule has 8 nitrogen and oxygen atoms in total. The van der Waals surface area contributed by atoms with Crippen molar-refractivity contribution in [1.29, 1.82) is 0 Å². The number of nitrogens with zero attached hydrogens (tertiary/aromatic N) is 2. The van der Waals surface area contributed by atoms with Crippen molar-refractivity contribution in [3.63, 3.8) is 0 Å². The number of allylic oxidation sites excluding steroid dienone is 1. The molecule has 5 rings (SSSR count). The molecule has 0 bridgehead atoms. The minimum absolute atomic E-state index is 0.148. The number of rotatable bonds is 5. The first-order chi connectivity index (χ1) is 18.7. The van der Waals surface area contributed by atoms with Crippen molar-refractivity contribution in [2.24, 2.45) is 17.8 Å². The predicted octanol–water partition coefficient (Wildman–Crippen LogP) is 3.90. The monoisotopic (exact) mass is 556 g/mol. The van der Waals surface area contributed by atoms with Gasteiger partial charge >= 0.3 is 5.97 Å². The molecule has 1 spiro atoms. The summed E-state index contributed by atoms with van der Waals surface area (Å²) in [5.41, 5.74) is -1.88. The first kappa shape index (κ1) is 27.9. The van der Waals surface area contributed by atoms with Gasteiger partial charge < -0.3 is 24.4 Å². The van der Waals surface area contributed by atoms with Gasteiger partial charge in [-0.3, -0.25) is 14.4 Å². The van der Waals surface area contributed by atoms with E-state index < -0.39 is 41.1 Å². The maximum atomic E-state index is 14.5. The maximum Gasteiger partial charge on any atom is 0.313 e. The number of cyclic esters (lactones) is 1. The van der Waals surface area contributed by atoms with E-state index in [4.69, 9.17) is 21.1 Å². The Morgan fingerprint density at radius 1 is 1.05 bits per heavy atom. The van der Waals surface area contributed by atoms with Crippen molar-refractivity contribution in [3.8, 4) is 0 Å². The number of amides is 2. The Bertz CT molecular complexity index is 1180. The minimum Gasteiger partial charge on any atom is -0.465 e. The van der Waals surface area contributed by atoms with Crippen LogP contribution in [0.1, 0.15) is 46.5 Å². The van der Waals surface area contributed by atoms with Crippen LogP contribution in [0, 0.1) is 17.8 Å². The normalized spacial score (nSPS) is 34.3. The maximum absolute atomic E-state index is 14.5. The largest absolute Gasteiger partial charge is 0.465 e. The summed E-state index contributed by atoms with van der Waals surface area (Å²) in [5, 5.41) is 11.0. The van der Waals surface area contributed by atoms with Crippen molar-refractivity contribution in [2.45, 2.75) is 69.7 Å². The molecule has 4 aliphatic rings. The van der Waals surface area contributed by atoms with Crippen LogP contribution in [-0.2, 0) is 23.9 Å². The van der Waals surface area contributed by atoms with Crippen LogP contribution in [0.5, 0.6) is 0 Å². The lowest BCUT2D eigenvalue weighted by Gasteiger charge is -2.41. The van der Waals surface area contributed by atoms with E-state index in [2.05, 4.69) is 0 Å². The number of anilines is 1. The molecule has 9 heteroatoms. The molecule has 1 unspecified atom stereocenters. The highest BCUT2D eigenvalue weighted by molar-refractivity contribution is 6.30. The fourth-order valence-electron chi connectivity index (χ4n) is 6.81. The Kier molecular flexibility index (Phi) is 7.65. The molecule has 0 radical (unpaired) electrons. The number of hydrogen-bond donors (Lipinski definition) is 1. The summed E-state index contributed by atoms with van der Waals surface area (Å²) < 4.78 is 12.7. The Hall–Kier alpha value is -2.68. The second-order valence-electron chi connectivity index (χ2n) is 11.3. The number of hydrogen-bond acceptors (Lipinski definition) is 6. The second kappa shape index (κ2) is 10.7. The van der Waals surface area contributed by atoms with Gasteiger partial charge in [0.25, 0.3) is 5.91 Å². The van der Waals surface area contributed by atoms with Gasteiger partial charge in [-0.1, -0.05) is 56.7 Å². The summed E-state index contributed by atoms with van der Waals surface area (Å²) in [6.07, 6.45) is 10.4. The molecule has 1 aromatic carbocycles. The van der Waals surface area contributed by atoms with Crippen LogP contribution in [0.3, 0.4) is 0 Å². The van der Waals surface area contributed by atoms with Gasteiger partial charge in [-0.15, -0.1) is 0 Å². The lowest BCUT2D eigenvalue weighted by atomic mass is 9.73. The summed E-state index contributed by atoms with van der Waals surface area (Å²) in [6.45, 7) is 5.94. The number of benzene rings is 1. The number of halogens is 1. The SMILES string of the molecule is CC[C@@]12/C=C\CCCCOC(=O)[C@@H]1[C@H]1C(=O)N([C@@H](CO)C(C)C)C3C(=O)N(c4ccc(Cl)cc4)CC=C[C@@]31O2. The lowest BCUT2D eigenvalue weighted by molar-refractivity contribution is -0.162. The summed E-state index contributed by atoms with van der Waals surface area (Å²) in [4.78, 5) is 45.8. The second-order valence-corrected chi connectivity index (χ2v) is 11.7. The average molecular weight is 557 g/mol. The number of aliphatic hydroxyl groups is 1. The van der Waals surface area contributed by atoms with Gasteiger partial charge in [0.05, 0.1) is 25.2 Å². The van der Waals surface area contributed by atoms with E-state index in [0.717, 1.165) is 19.3 Å². The van der Waals surface area contributed by atoms with E-state index in [1.165, 1.54) is 4.90 Å². The van der Waals surface area contributed by atoms with E-state index in [0.29, 0.717) is 17.1 Å². The van der Waals surface area contributed by atoms with Gasteiger partial charge in [0, 0.05) is 17.3 Å². The van der Waals surface area contributed by atoms with Crippen LogP contribution < -0.4 is 4.90 Å². The highest BCUT2D eigenvalue weighted by Gasteiger charge is 2.76. The minimum atomic E-state index is -1.41. The zero-order valence-electron chi connectivity index (χ0n) is 22.7. The fraction of sp³-hybridized carbons (Fsp3) is 0.567. The Labute approximate surface area is 234 Å². The average Bonchev–Trinajstić information content (AvgIpc) is 3.27. The van der Waals surface area contributed by atoms with Crippen LogP contribution in [0.4, 0.5) is 5.69 Å². The number of likely N-dealkylation sites (tertiary alicyclic amines) is 1. The van der Waals surface area contributed by atoms with E-state index in [1.807, 2.05) is 45.1 Å². The molecule has 210 valence electrons. The summed E-state index contributed by atoms with van der Waals surface area (Å²) >= 11 is 6.11. The summed E-state index contributed by atoms with van der Waals surface area (Å²) in [6, 6.07) is 5.24. The summed E-state index contributed by atoms with van der Waals surface area (Å²) in [7, 11) is 0. The van der Waals surface area contributed by atoms with Crippen LogP contribution in [0.2, 0.25) is 5.02 Å². The molecule has 1 aromatic rings. The van der Waals surface area contributed by atoms with Gasteiger partial charge in [-0.05, 0) is 55.9 Å². The van der Waals surface area contributed by atoms with Crippen molar-refractivity contribution < 1.29 is 29.0 Å². The van der Waals surface area contributed by atoms with Crippen molar-refractivity contribution >= 4 is 35.1 Å². The molecule has 0 saturated carbocycles. The molecule has 6 atom stereocenters. The van der Waals surface area contributed by atoms with E-state index in [9.17, 15) is 19.5 Å². The van der Waals surface area contributed by atoms with Crippen molar-refractivity contribution in [2.75, 3.05) is 24.7 Å². The quantitative estimate of drug-likeness (QED) is 0.436. The lowest BCUT2D eigenvalue weighted by Crippen LogP contribution is -2.60. The van der Waals surface area contributed by atoms with Crippen LogP contribution in [-0.4, -0.2) is 70.8 Å². The Balaban J connectivity index is 1.70.